The number of hydrogen-bond acceptors (Lipinski definition) is 5. The van der Waals surface area contributed by atoms with Gasteiger partial charge in [-0.05, 0) is 39.8 Å². The second-order valence-electron chi connectivity index (χ2n) is 4.38. The fourth-order valence-electron chi connectivity index (χ4n) is 1.17. The first-order chi connectivity index (χ1) is 11.4. The molecule has 0 saturated carbocycles. The van der Waals surface area contributed by atoms with Crippen LogP contribution < -0.4 is 4.74 Å². The Kier molecular flexibility index (Phi) is 17.7. The summed E-state index contributed by atoms with van der Waals surface area (Å²) in [5.41, 5.74) is 0.176. The molecule has 0 aliphatic heterocycles. The monoisotopic (exact) mass is 342 g/mol. The average Bonchev–Trinajstić information content (AvgIpc) is 2.55. The van der Waals surface area contributed by atoms with E-state index in [-0.39, 0.29) is 18.5 Å². The molecular weight excluding hydrogens is 312 g/mol. The lowest BCUT2D eigenvalue weighted by Gasteiger charge is -2.18. The van der Waals surface area contributed by atoms with Gasteiger partial charge in [-0.15, -0.1) is 0 Å². The van der Waals surface area contributed by atoms with Crippen LogP contribution in [0.25, 0.3) is 0 Å². The molecule has 24 heavy (non-hydrogen) atoms. The highest BCUT2D eigenvalue weighted by atomic mass is 16.7. The fourth-order valence-corrected chi connectivity index (χ4v) is 1.17. The first kappa shape index (κ1) is 24.4. The smallest absolute Gasteiger partial charge is 0.330 e. The molecule has 1 atom stereocenters. The zero-order valence-electron chi connectivity index (χ0n) is 15.0. The molecular formula is C18H30O6. The predicted octanol–water partition coefficient (Wildman–Crippen LogP) is 3.11. The Hall–Kier alpha value is -1.89. The van der Waals surface area contributed by atoms with Gasteiger partial charge in [0.05, 0.1) is 0 Å². The quantitative estimate of drug-likeness (QED) is 0.558. The third-order valence-electron chi connectivity index (χ3n) is 2.19. The Balaban J connectivity index is 0. The summed E-state index contributed by atoms with van der Waals surface area (Å²) in [6.45, 7) is 12.2. The molecule has 0 aliphatic rings. The van der Waals surface area contributed by atoms with Crippen molar-refractivity contribution in [3.8, 4) is 5.75 Å². The molecule has 0 amide bonds. The molecule has 0 aromatic heterocycles. The summed E-state index contributed by atoms with van der Waals surface area (Å²) in [6.07, 6.45) is -0.322. The minimum absolute atomic E-state index is 0.176. The van der Waals surface area contributed by atoms with Crippen LogP contribution in [0.1, 0.15) is 27.7 Å². The summed E-state index contributed by atoms with van der Waals surface area (Å²) in [4.78, 5) is 9.60. The Bertz CT molecular complexity index is 407. The molecule has 1 aromatic rings. The number of carboxylic acid groups (broad SMARTS) is 1. The molecule has 0 spiro atoms. The lowest BCUT2D eigenvalue weighted by molar-refractivity contribution is -0.132. The zero-order valence-corrected chi connectivity index (χ0v) is 15.0. The van der Waals surface area contributed by atoms with Crippen molar-refractivity contribution in [3.63, 3.8) is 0 Å². The standard InChI is InChI=1S/C12H18O3.C4H6O2.C2H6O/c1-3-13-10-12(14-4-2)15-11-8-6-5-7-9-11;1-3(2)4(5)6;1-2-3/h5-9,12H,3-4,10H2,1-2H3;1H2,2H3,(H,5,6);3H,2H2,1H3. The van der Waals surface area contributed by atoms with E-state index >= 15 is 0 Å². The SMILES string of the molecule is C=C(C)C(=O)O.CCO.CCOCC(OCC)Oc1ccccc1. The van der Waals surface area contributed by atoms with Crippen LogP contribution in [0, 0.1) is 0 Å². The highest BCUT2D eigenvalue weighted by Gasteiger charge is 2.09. The second-order valence-corrected chi connectivity index (χ2v) is 4.38. The number of aliphatic hydroxyl groups excluding tert-OH is 1. The number of hydrogen-bond donors (Lipinski definition) is 2. The molecule has 1 rings (SSSR count). The number of carbonyl (C=O) groups is 1. The van der Waals surface area contributed by atoms with Crippen LogP contribution in [0.5, 0.6) is 5.75 Å². The van der Waals surface area contributed by atoms with Gasteiger partial charge in [0.1, 0.15) is 12.4 Å². The maximum absolute atomic E-state index is 9.60. The summed E-state index contributed by atoms with van der Waals surface area (Å²) in [5, 5.41) is 15.5. The molecule has 0 radical (unpaired) electrons. The van der Waals surface area contributed by atoms with Gasteiger partial charge in [0, 0.05) is 25.4 Å². The second kappa shape index (κ2) is 17.5. The summed E-state index contributed by atoms with van der Waals surface area (Å²) < 4.78 is 16.3. The van der Waals surface area contributed by atoms with Crippen LogP contribution in [0.15, 0.2) is 42.5 Å². The fraction of sp³-hybridized carbons (Fsp3) is 0.500. The lowest BCUT2D eigenvalue weighted by Crippen LogP contribution is -2.26. The molecule has 6 nitrogen and oxygen atoms in total. The van der Waals surface area contributed by atoms with Crippen molar-refractivity contribution in [2.45, 2.75) is 34.0 Å². The largest absolute Gasteiger partial charge is 0.478 e. The molecule has 0 heterocycles. The van der Waals surface area contributed by atoms with E-state index < -0.39 is 5.97 Å². The third kappa shape index (κ3) is 16.5. The number of rotatable bonds is 8. The highest BCUT2D eigenvalue weighted by molar-refractivity contribution is 5.84. The lowest BCUT2D eigenvalue weighted by atomic mass is 10.3. The van der Waals surface area contributed by atoms with Gasteiger partial charge in [-0.1, -0.05) is 24.8 Å². The summed E-state index contributed by atoms with van der Waals surface area (Å²) in [5.74, 6) is -0.134. The van der Waals surface area contributed by atoms with Crippen molar-refractivity contribution in [1.82, 2.24) is 0 Å². The highest BCUT2D eigenvalue weighted by Crippen LogP contribution is 2.11. The van der Waals surface area contributed by atoms with E-state index in [0.717, 1.165) is 5.75 Å². The first-order valence-corrected chi connectivity index (χ1v) is 7.83. The van der Waals surface area contributed by atoms with Crippen molar-refractivity contribution in [2.75, 3.05) is 26.4 Å². The summed E-state index contributed by atoms with van der Waals surface area (Å²) in [7, 11) is 0. The number of carboxylic acids is 1. The first-order valence-electron chi connectivity index (χ1n) is 7.83. The van der Waals surface area contributed by atoms with Gasteiger partial charge in [-0.3, -0.25) is 0 Å². The van der Waals surface area contributed by atoms with Crippen LogP contribution in [0.4, 0.5) is 0 Å². The van der Waals surface area contributed by atoms with Gasteiger partial charge in [0.25, 0.3) is 0 Å². The van der Waals surface area contributed by atoms with Crippen LogP contribution in [-0.4, -0.2) is 48.9 Å². The van der Waals surface area contributed by atoms with Gasteiger partial charge < -0.3 is 24.4 Å². The summed E-state index contributed by atoms with van der Waals surface area (Å²) >= 11 is 0. The van der Waals surface area contributed by atoms with Gasteiger partial charge in [-0.2, -0.15) is 0 Å². The van der Waals surface area contributed by atoms with Crippen LogP contribution >= 0.6 is 0 Å². The van der Waals surface area contributed by atoms with Crippen molar-refractivity contribution < 1.29 is 29.2 Å². The molecule has 1 unspecified atom stereocenters. The molecule has 6 heteroatoms. The Morgan fingerprint density at radius 3 is 2.04 bits per heavy atom. The van der Waals surface area contributed by atoms with Gasteiger partial charge in [0.15, 0.2) is 0 Å². The molecule has 138 valence electrons. The Labute approximate surface area is 144 Å². The summed E-state index contributed by atoms with van der Waals surface area (Å²) in [6, 6.07) is 9.61. The molecule has 2 N–H and O–H groups in total. The number of aliphatic hydroxyl groups is 1. The van der Waals surface area contributed by atoms with Gasteiger partial charge in [-0.25, -0.2) is 4.79 Å². The Morgan fingerprint density at radius 2 is 1.67 bits per heavy atom. The van der Waals surface area contributed by atoms with Crippen molar-refractivity contribution in [1.29, 1.82) is 0 Å². The Morgan fingerprint density at radius 1 is 1.17 bits per heavy atom. The molecule has 0 aliphatic carbocycles. The normalized spacial score (nSPS) is 10.4. The molecule has 0 fully saturated rings. The van der Waals surface area contributed by atoms with E-state index in [2.05, 4.69) is 6.58 Å². The van der Waals surface area contributed by atoms with Gasteiger partial charge in [0.2, 0.25) is 6.29 Å². The maximum atomic E-state index is 9.60. The number of ether oxygens (including phenoxy) is 3. The zero-order chi connectivity index (χ0) is 18.8. The minimum atomic E-state index is -0.935. The number of benzene rings is 1. The van der Waals surface area contributed by atoms with Gasteiger partial charge >= 0.3 is 5.97 Å². The van der Waals surface area contributed by atoms with Crippen LogP contribution in [-0.2, 0) is 14.3 Å². The molecule has 0 bridgehead atoms. The van der Waals surface area contributed by atoms with E-state index in [9.17, 15) is 4.79 Å². The van der Waals surface area contributed by atoms with Crippen LogP contribution in [0.2, 0.25) is 0 Å². The molecule has 1 aromatic carbocycles. The average molecular weight is 342 g/mol. The van der Waals surface area contributed by atoms with Crippen molar-refractivity contribution >= 4 is 5.97 Å². The van der Waals surface area contributed by atoms with E-state index in [1.807, 2.05) is 44.2 Å². The minimum Gasteiger partial charge on any atom is -0.478 e. The van der Waals surface area contributed by atoms with E-state index in [1.54, 1.807) is 6.92 Å². The third-order valence-corrected chi connectivity index (χ3v) is 2.19. The van der Waals surface area contributed by atoms with E-state index in [1.165, 1.54) is 6.92 Å². The topological polar surface area (TPSA) is 85.2 Å². The molecule has 0 saturated heterocycles. The number of para-hydroxylation sites is 1. The predicted molar refractivity (Wildman–Crippen MR) is 94.2 cm³/mol. The van der Waals surface area contributed by atoms with Crippen molar-refractivity contribution in [2.24, 2.45) is 0 Å². The van der Waals surface area contributed by atoms with Crippen molar-refractivity contribution in [3.05, 3.63) is 42.5 Å². The van der Waals surface area contributed by atoms with E-state index in [4.69, 9.17) is 24.4 Å². The number of aliphatic carboxylic acids is 1. The maximum Gasteiger partial charge on any atom is 0.330 e. The van der Waals surface area contributed by atoms with Crippen LogP contribution in [0.3, 0.4) is 0 Å². The van der Waals surface area contributed by atoms with E-state index in [0.29, 0.717) is 19.8 Å².